The molecule has 1 aromatic carbocycles. The fourth-order valence-electron chi connectivity index (χ4n) is 3.24. The summed E-state index contributed by atoms with van der Waals surface area (Å²) in [6, 6.07) is 4.00. The van der Waals surface area contributed by atoms with E-state index in [0.29, 0.717) is 6.79 Å². The minimum atomic E-state index is -0.0199. The highest BCUT2D eigenvalue weighted by molar-refractivity contribution is 5.58. The number of methoxy groups -OCH3 is 1. The second kappa shape index (κ2) is 3.12. The van der Waals surface area contributed by atoms with Gasteiger partial charge in [0.2, 0.25) is 6.79 Å². The van der Waals surface area contributed by atoms with Crippen LogP contribution in [-0.4, -0.2) is 19.4 Å². The minimum absolute atomic E-state index is 0.0199. The van der Waals surface area contributed by atoms with Crippen molar-refractivity contribution in [1.82, 2.24) is 0 Å². The number of hydrogen-bond donors (Lipinski definition) is 1. The lowest BCUT2D eigenvalue weighted by Gasteiger charge is -2.25. The second-order valence-electron chi connectivity index (χ2n) is 5.64. The molecule has 1 aliphatic heterocycles. The molecule has 0 aromatic heterocycles. The lowest BCUT2D eigenvalue weighted by Crippen LogP contribution is -2.37. The molecule has 2 N–H and O–H groups in total. The van der Waals surface area contributed by atoms with Crippen molar-refractivity contribution >= 4 is 0 Å². The smallest absolute Gasteiger partial charge is 0.231 e. The van der Waals surface area contributed by atoms with Crippen LogP contribution in [0.3, 0.4) is 0 Å². The van der Waals surface area contributed by atoms with E-state index in [1.54, 1.807) is 7.11 Å². The second-order valence-corrected chi connectivity index (χ2v) is 5.64. The van der Waals surface area contributed by atoms with Crippen LogP contribution >= 0.6 is 0 Å². The predicted octanol–water partition coefficient (Wildman–Crippen LogP) is 1.95. The molecule has 1 aromatic rings. The Kier molecular flexibility index (Phi) is 1.82. The van der Waals surface area contributed by atoms with Crippen LogP contribution in [-0.2, 0) is 5.41 Å². The van der Waals surface area contributed by atoms with Crippen LogP contribution in [0.25, 0.3) is 0 Å². The lowest BCUT2D eigenvalue weighted by atomic mass is 9.85. The van der Waals surface area contributed by atoms with Gasteiger partial charge in [-0.3, -0.25) is 0 Å². The van der Waals surface area contributed by atoms with E-state index in [4.69, 9.17) is 19.9 Å². The zero-order chi connectivity index (χ0) is 12.4. The van der Waals surface area contributed by atoms with Crippen LogP contribution in [0.2, 0.25) is 0 Å². The van der Waals surface area contributed by atoms with E-state index in [0.717, 1.165) is 42.9 Å². The predicted molar refractivity (Wildman–Crippen MR) is 66.2 cm³/mol. The van der Waals surface area contributed by atoms with Crippen molar-refractivity contribution < 1.29 is 14.2 Å². The highest BCUT2D eigenvalue weighted by atomic mass is 16.7. The molecule has 96 valence electrons. The summed E-state index contributed by atoms with van der Waals surface area (Å²) < 4.78 is 16.4. The summed E-state index contributed by atoms with van der Waals surface area (Å²) in [5.74, 6) is 2.48. The molecule has 18 heavy (non-hydrogen) atoms. The third kappa shape index (κ3) is 1.19. The number of rotatable bonds is 3. The van der Waals surface area contributed by atoms with Crippen LogP contribution in [0.4, 0.5) is 0 Å². The van der Waals surface area contributed by atoms with Gasteiger partial charge in [0, 0.05) is 22.6 Å². The van der Waals surface area contributed by atoms with Crippen molar-refractivity contribution in [3.8, 4) is 17.2 Å². The molecule has 3 aliphatic rings. The van der Waals surface area contributed by atoms with E-state index < -0.39 is 0 Å². The largest absolute Gasteiger partial charge is 0.496 e. The Morgan fingerprint density at radius 3 is 2.33 bits per heavy atom. The first-order valence-electron chi connectivity index (χ1n) is 6.46. The van der Waals surface area contributed by atoms with Gasteiger partial charge in [-0.25, -0.2) is 0 Å². The monoisotopic (exact) mass is 247 g/mol. The van der Waals surface area contributed by atoms with Gasteiger partial charge in [0.1, 0.15) is 5.75 Å². The number of hydrogen-bond acceptors (Lipinski definition) is 4. The van der Waals surface area contributed by atoms with Gasteiger partial charge in [-0.1, -0.05) is 0 Å². The van der Waals surface area contributed by atoms with E-state index in [-0.39, 0.29) is 11.0 Å². The molecular weight excluding hydrogens is 230 g/mol. The number of ether oxygens (including phenoxy) is 3. The van der Waals surface area contributed by atoms with E-state index in [9.17, 15) is 0 Å². The molecule has 0 saturated heterocycles. The lowest BCUT2D eigenvalue weighted by molar-refractivity contribution is 0.174. The number of fused-ring (bicyclic) bond motifs is 1. The van der Waals surface area contributed by atoms with Gasteiger partial charge in [0.15, 0.2) is 11.5 Å². The van der Waals surface area contributed by atoms with Crippen molar-refractivity contribution in [2.75, 3.05) is 13.9 Å². The third-order valence-corrected chi connectivity index (χ3v) is 4.70. The highest BCUT2D eigenvalue weighted by Crippen LogP contribution is 2.66. The maximum Gasteiger partial charge on any atom is 0.231 e. The van der Waals surface area contributed by atoms with E-state index in [1.807, 2.05) is 6.07 Å². The average molecular weight is 247 g/mol. The molecule has 2 saturated carbocycles. The first-order valence-corrected chi connectivity index (χ1v) is 6.46. The van der Waals surface area contributed by atoms with Crippen molar-refractivity contribution in [2.24, 2.45) is 5.73 Å². The first-order chi connectivity index (χ1) is 8.68. The van der Waals surface area contributed by atoms with Crippen molar-refractivity contribution in [3.05, 3.63) is 17.7 Å². The van der Waals surface area contributed by atoms with E-state index in [1.165, 1.54) is 5.56 Å². The molecule has 0 spiro atoms. The summed E-state index contributed by atoms with van der Waals surface area (Å²) in [6.45, 7) is 0.294. The van der Waals surface area contributed by atoms with Gasteiger partial charge in [-0.15, -0.1) is 0 Å². The molecule has 4 rings (SSSR count). The SMILES string of the molecule is COc1cc2c(cc1C1(C3(N)CC3)CC1)OCO2. The zero-order valence-corrected chi connectivity index (χ0v) is 10.5. The average Bonchev–Trinajstić information content (AvgIpc) is 3.28. The fourth-order valence-corrected chi connectivity index (χ4v) is 3.24. The molecule has 0 atom stereocenters. The van der Waals surface area contributed by atoms with Gasteiger partial charge >= 0.3 is 0 Å². The Balaban J connectivity index is 1.85. The topological polar surface area (TPSA) is 53.7 Å². The minimum Gasteiger partial charge on any atom is -0.496 e. The van der Waals surface area contributed by atoms with Gasteiger partial charge < -0.3 is 19.9 Å². The molecule has 4 heteroatoms. The van der Waals surface area contributed by atoms with Gasteiger partial charge in [0.05, 0.1) is 7.11 Å². The van der Waals surface area contributed by atoms with E-state index >= 15 is 0 Å². The molecule has 2 fully saturated rings. The molecule has 2 aliphatic carbocycles. The highest BCUT2D eigenvalue weighted by Gasteiger charge is 2.65. The summed E-state index contributed by atoms with van der Waals surface area (Å²) in [4.78, 5) is 0. The molecule has 1 heterocycles. The van der Waals surface area contributed by atoms with Crippen LogP contribution in [0.5, 0.6) is 17.2 Å². The quantitative estimate of drug-likeness (QED) is 0.887. The molecule has 4 nitrogen and oxygen atoms in total. The Morgan fingerprint density at radius 2 is 1.78 bits per heavy atom. The standard InChI is InChI=1S/C14H17NO3/c1-16-10-7-12-11(17-8-18-12)6-9(10)13(2-3-13)14(15)4-5-14/h6-7H,2-5,8,15H2,1H3. The normalized spacial score (nSPS) is 24.8. The Hall–Kier alpha value is -1.42. The zero-order valence-electron chi connectivity index (χ0n) is 10.5. The third-order valence-electron chi connectivity index (χ3n) is 4.70. The maximum absolute atomic E-state index is 6.46. The molecular formula is C14H17NO3. The summed E-state index contributed by atoms with van der Waals surface area (Å²) in [5, 5.41) is 0. The Labute approximate surface area is 106 Å². The van der Waals surface area contributed by atoms with Crippen LogP contribution in [0.1, 0.15) is 31.2 Å². The maximum atomic E-state index is 6.46. The van der Waals surface area contributed by atoms with Crippen LogP contribution in [0, 0.1) is 0 Å². The Bertz CT molecular complexity index is 518. The van der Waals surface area contributed by atoms with Gasteiger partial charge in [-0.2, -0.15) is 0 Å². The first kappa shape index (κ1) is 10.5. The van der Waals surface area contributed by atoms with Gasteiger partial charge in [0.25, 0.3) is 0 Å². The summed E-state index contributed by atoms with van der Waals surface area (Å²) in [7, 11) is 1.70. The molecule has 0 amide bonds. The molecule has 0 bridgehead atoms. The fraction of sp³-hybridized carbons (Fsp3) is 0.571. The Morgan fingerprint density at radius 1 is 1.11 bits per heavy atom. The summed E-state index contributed by atoms with van der Waals surface area (Å²) >= 11 is 0. The van der Waals surface area contributed by atoms with Gasteiger partial charge in [-0.05, 0) is 31.7 Å². The summed E-state index contributed by atoms with van der Waals surface area (Å²) in [5.41, 5.74) is 7.75. The number of benzene rings is 1. The molecule has 0 unspecified atom stereocenters. The van der Waals surface area contributed by atoms with Crippen LogP contribution in [0.15, 0.2) is 12.1 Å². The number of nitrogens with two attached hydrogens (primary N) is 1. The molecule has 0 radical (unpaired) electrons. The van der Waals surface area contributed by atoms with Crippen molar-refractivity contribution in [3.63, 3.8) is 0 Å². The van der Waals surface area contributed by atoms with Crippen molar-refractivity contribution in [2.45, 2.75) is 36.6 Å². The van der Waals surface area contributed by atoms with Crippen molar-refractivity contribution in [1.29, 1.82) is 0 Å². The van der Waals surface area contributed by atoms with E-state index in [2.05, 4.69) is 6.07 Å². The van der Waals surface area contributed by atoms with Crippen LogP contribution < -0.4 is 19.9 Å². The summed E-state index contributed by atoms with van der Waals surface area (Å²) in [6.07, 6.45) is 4.54.